The van der Waals surface area contributed by atoms with Gasteiger partial charge in [0.05, 0.1) is 0 Å². The highest BCUT2D eigenvalue weighted by Crippen LogP contribution is 2.28. The third-order valence-electron chi connectivity index (χ3n) is 2.26. The van der Waals surface area contributed by atoms with Crippen molar-refractivity contribution >= 4 is 40.0 Å². The van der Waals surface area contributed by atoms with E-state index in [4.69, 9.17) is 22.9 Å². The second-order valence-electron chi connectivity index (χ2n) is 3.32. The van der Waals surface area contributed by atoms with Crippen LogP contribution in [0.15, 0.2) is 60.7 Å². The molecule has 0 radical (unpaired) electrons. The molecule has 0 amide bonds. The van der Waals surface area contributed by atoms with Crippen molar-refractivity contribution < 1.29 is 0 Å². The lowest BCUT2D eigenvalue weighted by molar-refractivity contribution is 1.40. The van der Waals surface area contributed by atoms with Gasteiger partial charge in [-0.3, -0.25) is 0 Å². The Morgan fingerprint density at radius 2 is 1.06 bits per heavy atom. The standard InChI is InChI=1S/C12H10BCl2N/c14-13(15)16(11-7-3-1-4-8-11)12-9-5-2-6-10-12/h1-10H. The summed E-state index contributed by atoms with van der Waals surface area (Å²) in [6.07, 6.45) is 0. The number of para-hydroxylation sites is 2. The van der Waals surface area contributed by atoms with E-state index in [0.717, 1.165) is 11.4 Å². The van der Waals surface area contributed by atoms with Gasteiger partial charge in [-0.05, 0) is 24.3 Å². The van der Waals surface area contributed by atoms with Gasteiger partial charge in [-0.1, -0.05) is 36.4 Å². The molecule has 1 nitrogen and oxygen atoms in total. The van der Waals surface area contributed by atoms with Crippen molar-refractivity contribution in [2.45, 2.75) is 0 Å². The summed E-state index contributed by atoms with van der Waals surface area (Å²) in [5.41, 5.74) is 1.34. The van der Waals surface area contributed by atoms with Crippen LogP contribution in [0.4, 0.5) is 11.4 Å². The average Bonchev–Trinajstić information content (AvgIpc) is 2.31. The molecule has 0 spiro atoms. The van der Waals surface area contributed by atoms with Crippen LogP contribution in [-0.4, -0.2) is 5.68 Å². The lowest BCUT2D eigenvalue weighted by Crippen LogP contribution is -2.25. The highest BCUT2D eigenvalue weighted by molar-refractivity contribution is 7.35. The zero-order valence-electron chi connectivity index (χ0n) is 8.55. The minimum atomic E-state index is -0.607. The molecule has 0 unspecified atom stereocenters. The fourth-order valence-electron chi connectivity index (χ4n) is 1.55. The lowest BCUT2D eigenvalue weighted by Gasteiger charge is -2.24. The molecule has 0 saturated carbocycles. The Morgan fingerprint density at radius 3 is 1.38 bits per heavy atom. The average molecular weight is 250 g/mol. The van der Waals surface area contributed by atoms with Crippen LogP contribution in [0.5, 0.6) is 0 Å². The van der Waals surface area contributed by atoms with Crippen molar-refractivity contribution in [2.24, 2.45) is 0 Å². The van der Waals surface area contributed by atoms with Gasteiger partial charge in [-0.25, -0.2) is 0 Å². The summed E-state index contributed by atoms with van der Waals surface area (Å²) >= 11 is 12.0. The highest BCUT2D eigenvalue weighted by atomic mass is 35.5. The van der Waals surface area contributed by atoms with Gasteiger partial charge in [0.25, 0.3) is 0 Å². The first kappa shape index (κ1) is 11.4. The Balaban J connectivity index is 2.40. The quantitative estimate of drug-likeness (QED) is 0.734. The molecule has 0 aliphatic heterocycles. The first-order chi connectivity index (χ1) is 7.79. The molecule has 80 valence electrons. The third kappa shape index (κ3) is 2.52. The van der Waals surface area contributed by atoms with Crippen LogP contribution >= 0.6 is 22.9 Å². The maximum Gasteiger partial charge on any atom is 0.472 e. The maximum absolute atomic E-state index is 6.00. The van der Waals surface area contributed by atoms with E-state index in [1.165, 1.54) is 0 Å². The second kappa shape index (κ2) is 5.28. The van der Waals surface area contributed by atoms with Crippen LogP contribution in [0.1, 0.15) is 0 Å². The van der Waals surface area contributed by atoms with Gasteiger partial charge in [0.1, 0.15) is 0 Å². The van der Waals surface area contributed by atoms with E-state index in [9.17, 15) is 0 Å². The molecule has 0 heterocycles. The molecule has 0 aromatic heterocycles. The molecule has 2 aromatic carbocycles. The molecule has 0 saturated heterocycles. The molecule has 2 aromatic rings. The van der Waals surface area contributed by atoms with E-state index in [2.05, 4.69) is 0 Å². The SMILES string of the molecule is ClB(Cl)N(c1ccccc1)c1ccccc1. The van der Waals surface area contributed by atoms with Crippen LogP contribution in [0.2, 0.25) is 0 Å². The topological polar surface area (TPSA) is 3.24 Å². The van der Waals surface area contributed by atoms with Crippen molar-refractivity contribution in [1.82, 2.24) is 0 Å². The van der Waals surface area contributed by atoms with Gasteiger partial charge >= 0.3 is 5.68 Å². The van der Waals surface area contributed by atoms with E-state index >= 15 is 0 Å². The number of rotatable bonds is 3. The molecule has 0 atom stereocenters. The van der Waals surface area contributed by atoms with Crippen LogP contribution in [0, 0.1) is 0 Å². The fraction of sp³-hybridized carbons (Fsp3) is 0. The van der Waals surface area contributed by atoms with E-state index in [1.54, 1.807) is 0 Å². The molecule has 0 aliphatic rings. The maximum atomic E-state index is 6.00. The van der Waals surface area contributed by atoms with Crippen molar-refractivity contribution in [1.29, 1.82) is 0 Å². The van der Waals surface area contributed by atoms with E-state index in [1.807, 2.05) is 65.5 Å². The van der Waals surface area contributed by atoms with Gasteiger partial charge in [0.2, 0.25) is 0 Å². The molecule has 16 heavy (non-hydrogen) atoms. The summed E-state index contributed by atoms with van der Waals surface area (Å²) < 4.78 is 0. The molecular formula is C12H10BCl2N. The van der Waals surface area contributed by atoms with Crippen LogP contribution < -0.4 is 4.81 Å². The summed E-state index contributed by atoms with van der Waals surface area (Å²) in [5.74, 6) is 0. The summed E-state index contributed by atoms with van der Waals surface area (Å²) in [4.78, 5) is 1.86. The Bertz CT molecular complexity index is 394. The van der Waals surface area contributed by atoms with Gasteiger partial charge in [0, 0.05) is 11.4 Å². The Morgan fingerprint density at radius 1 is 0.688 bits per heavy atom. The summed E-state index contributed by atoms with van der Waals surface area (Å²) in [6, 6.07) is 19.7. The minimum Gasteiger partial charge on any atom is -0.358 e. The van der Waals surface area contributed by atoms with Crippen molar-refractivity contribution in [3.63, 3.8) is 0 Å². The van der Waals surface area contributed by atoms with Gasteiger partial charge in [-0.2, -0.15) is 0 Å². The monoisotopic (exact) mass is 249 g/mol. The van der Waals surface area contributed by atoms with Crippen molar-refractivity contribution in [3.05, 3.63) is 60.7 Å². The number of hydrogen-bond acceptors (Lipinski definition) is 1. The largest absolute Gasteiger partial charge is 0.472 e. The molecule has 2 rings (SSSR count). The molecular weight excluding hydrogens is 240 g/mol. The number of halogens is 2. The third-order valence-corrected chi connectivity index (χ3v) is 2.65. The van der Waals surface area contributed by atoms with Crippen LogP contribution in [0.25, 0.3) is 0 Å². The predicted molar refractivity (Wildman–Crippen MR) is 72.5 cm³/mol. The molecule has 0 N–H and O–H groups in total. The Hall–Kier alpha value is -1.12. The summed E-state index contributed by atoms with van der Waals surface area (Å²) in [7, 11) is 0. The van der Waals surface area contributed by atoms with E-state index < -0.39 is 5.68 Å². The molecule has 4 heteroatoms. The Labute approximate surface area is 106 Å². The molecule has 0 fully saturated rings. The lowest BCUT2D eigenvalue weighted by atomic mass is 10.1. The van der Waals surface area contributed by atoms with Crippen molar-refractivity contribution in [3.8, 4) is 0 Å². The smallest absolute Gasteiger partial charge is 0.358 e. The molecule has 0 aliphatic carbocycles. The molecule has 0 bridgehead atoms. The van der Waals surface area contributed by atoms with Crippen LogP contribution in [-0.2, 0) is 0 Å². The first-order valence-electron chi connectivity index (χ1n) is 4.96. The number of anilines is 2. The van der Waals surface area contributed by atoms with E-state index in [-0.39, 0.29) is 0 Å². The summed E-state index contributed by atoms with van der Waals surface area (Å²) in [5, 5.41) is 0. The fourth-order valence-corrected chi connectivity index (χ4v) is 2.00. The minimum absolute atomic E-state index is 0.607. The second-order valence-corrected chi connectivity index (χ2v) is 4.37. The van der Waals surface area contributed by atoms with Crippen LogP contribution in [0.3, 0.4) is 0 Å². The van der Waals surface area contributed by atoms with Gasteiger partial charge in [0.15, 0.2) is 0 Å². The zero-order valence-corrected chi connectivity index (χ0v) is 10.1. The van der Waals surface area contributed by atoms with Gasteiger partial charge < -0.3 is 4.81 Å². The first-order valence-corrected chi connectivity index (χ1v) is 5.84. The summed E-state index contributed by atoms with van der Waals surface area (Å²) in [6.45, 7) is 0. The van der Waals surface area contributed by atoms with Gasteiger partial charge in [-0.15, -0.1) is 22.9 Å². The predicted octanol–water partition coefficient (Wildman–Crippen LogP) is 4.29. The Kier molecular flexibility index (Phi) is 3.76. The number of hydrogen-bond donors (Lipinski definition) is 0. The highest BCUT2D eigenvalue weighted by Gasteiger charge is 2.20. The normalized spacial score (nSPS) is 9.88. The van der Waals surface area contributed by atoms with E-state index in [0.29, 0.717) is 0 Å². The number of nitrogens with zero attached hydrogens (tertiary/aromatic N) is 1. The number of benzene rings is 2. The van der Waals surface area contributed by atoms with Crippen molar-refractivity contribution in [2.75, 3.05) is 4.81 Å². The zero-order chi connectivity index (χ0) is 11.4.